The summed E-state index contributed by atoms with van der Waals surface area (Å²) in [5, 5.41) is 0. The van der Waals surface area contributed by atoms with Gasteiger partial charge in [-0.3, -0.25) is 4.79 Å². The molecule has 0 aliphatic heterocycles. The number of allylic oxidation sites excluding steroid dienone is 2. The summed E-state index contributed by atoms with van der Waals surface area (Å²) in [7, 11) is 0. The van der Waals surface area contributed by atoms with Crippen LogP contribution >= 0.6 is 0 Å². The molecule has 0 aromatic heterocycles. The molecule has 1 saturated carbocycles. The number of Topliss-reactive ketones (excluding diaryl/α,β-unsaturated/α-hetero) is 1. The number of rotatable bonds is 0. The molecule has 1 aromatic rings. The van der Waals surface area contributed by atoms with Crippen molar-refractivity contribution in [3.8, 4) is 11.8 Å². The maximum Gasteiger partial charge on any atom is 0.152 e. The molecule has 3 rings (SSSR count). The Morgan fingerprint density at radius 1 is 1.19 bits per heavy atom. The van der Waals surface area contributed by atoms with Crippen LogP contribution in [0.15, 0.2) is 42.5 Å². The van der Waals surface area contributed by atoms with E-state index in [-0.39, 0.29) is 11.8 Å². The molecule has 1 nitrogen and oxygen atoms in total. The summed E-state index contributed by atoms with van der Waals surface area (Å²) in [6.07, 6.45) is 5.18. The molecule has 0 saturated heterocycles. The third-order valence-corrected chi connectivity index (χ3v) is 3.42. The molecular weight excluding hydrogens is 196 g/mol. The molecule has 16 heavy (non-hydrogen) atoms. The smallest absolute Gasteiger partial charge is 0.152 e. The SMILES string of the molecule is O=C1[C@H](C#Cc2ccccc2)[C@H]2C=CC[C@@H]12. The van der Waals surface area contributed by atoms with Crippen LogP contribution in [0.3, 0.4) is 0 Å². The fourth-order valence-electron chi connectivity index (χ4n) is 2.47. The average Bonchev–Trinajstić information content (AvgIpc) is 2.75. The van der Waals surface area contributed by atoms with Crippen LogP contribution in [-0.2, 0) is 4.79 Å². The lowest BCUT2D eigenvalue weighted by Crippen LogP contribution is -2.43. The number of carbonyl (C=O) groups excluding carboxylic acids is 1. The number of carbonyl (C=O) groups is 1. The molecule has 0 bridgehead atoms. The van der Waals surface area contributed by atoms with Gasteiger partial charge in [-0.1, -0.05) is 42.2 Å². The third-order valence-electron chi connectivity index (χ3n) is 3.42. The van der Waals surface area contributed by atoms with Gasteiger partial charge in [0.2, 0.25) is 0 Å². The molecule has 0 radical (unpaired) electrons. The molecular formula is C15H12O. The molecule has 0 amide bonds. The average molecular weight is 208 g/mol. The van der Waals surface area contributed by atoms with Crippen LogP contribution in [0.5, 0.6) is 0 Å². The van der Waals surface area contributed by atoms with Crippen LogP contribution in [0, 0.1) is 29.6 Å². The molecule has 0 spiro atoms. The van der Waals surface area contributed by atoms with Gasteiger partial charge in [0, 0.05) is 17.4 Å². The zero-order valence-corrected chi connectivity index (χ0v) is 8.89. The highest BCUT2D eigenvalue weighted by molar-refractivity contribution is 5.94. The van der Waals surface area contributed by atoms with Gasteiger partial charge >= 0.3 is 0 Å². The molecule has 0 N–H and O–H groups in total. The standard InChI is InChI=1S/C15H12O/c16-15-13-8-4-7-12(13)14(15)10-9-11-5-2-1-3-6-11/h1-7,12-14H,8H2/t12-,13+,14+/m0/s1. The first-order valence-electron chi connectivity index (χ1n) is 5.63. The van der Waals surface area contributed by atoms with E-state index in [1.807, 2.05) is 30.3 Å². The van der Waals surface area contributed by atoms with E-state index in [2.05, 4.69) is 24.0 Å². The minimum atomic E-state index is -0.0519. The van der Waals surface area contributed by atoms with E-state index in [0.29, 0.717) is 11.7 Å². The van der Waals surface area contributed by atoms with Gasteiger partial charge in [-0.05, 0) is 18.6 Å². The summed E-state index contributed by atoms with van der Waals surface area (Å²) in [4.78, 5) is 11.7. The third kappa shape index (κ3) is 1.39. The highest BCUT2D eigenvalue weighted by atomic mass is 16.1. The van der Waals surface area contributed by atoms with Gasteiger partial charge in [-0.2, -0.15) is 0 Å². The Kier molecular flexibility index (Phi) is 2.15. The van der Waals surface area contributed by atoms with E-state index in [1.165, 1.54) is 0 Å². The summed E-state index contributed by atoms with van der Waals surface area (Å²) < 4.78 is 0. The lowest BCUT2D eigenvalue weighted by atomic mass is 9.65. The van der Waals surface area contributed by atoms with E-state index in [0.717, 1.165) is 12.0 Å². The first kappa shape index (κ1) is 9.42. The van der Waals surface area contributed by atoms with Crippen molar-refractivity contribution in [2.75, 3.05) is 0 Å². The van der Waals surface area contributed by atoms with E-state index in [4.69, 9.17) is 0 Å². The van der Waals surface area contributed by atoms with Gasteiger partial charge in [0.15, 0.2) is 5.78 Å². The van der Waals surface area contributed by atoms with E-state index in [1.54, 1.807) is 0 Å². The Morgan fingerprint density at radius 2 is 2.00 bits per heavy atom. The number of benzene rings is 1. The Bertz CT molecular complexity index is 501. The highest BCUT2D eigenvalue weighted by Crippen LogP contribution is 2.43. The van der Waals surface area contributed by atoms with Crippen LogP contribution in [0.4, 0.5) is 0 Å². The van der Waals surface area contributed by atoms with Crippen LogP contribution in [0.25, 0.3) is 0 Å². The second-order valence-corrected chi connectivity index (χ2v) is 4.36. The normalized spacial score (nSPS) is 30.2. The molecule has 78 valence electrons. The largest absolute Gasteiger partial charge is 0.298 e. The number of hydrogen-bond donors (Lipinski definition) is 0. The van der Waals surface area contributed by atoms with E-state index < -0.39 is 0 Å². The van der Waals surface area contributed by atoms with Gasteiger partial charge in [0.1, 0.15) is 0 Å². The fourth-order valence-corrected chi connectivity index (χ4v) is 2.47. The lowest BCUT2D eigenvalue weighted by molar-refractivity contribution is -0.135. The Balaban J connectivity index is 1.79. The maximum absolute atomic E-state index is 11.7. The molecule has 1 heteroatoms. The zero-order valence-electron chi connectivity index (χ0n) is 8.89. The van der Waals surface area contributed by atoms with Crippen molar-refractivity contribution in [2.24, 2.45) is 17.8 Å². The molecule has 1 aromatic carbocycles. The van der Waals surface area contributed by atoms with Gasteiger partial charge in [0.05, 0.1) is 5.92 Å². The van der Waals surface area contributed by atoms with E-state index >= 15 is 0 Å². The zero-order chi connectivity index (χ0) is 11.0. The van der Waals surface area contributed by atoms with Crippen molar-refractivity contribution in [3.63, 3.8) is 0 Å². The Hall–Kier alpha value is -1.81. The van der Waals surface area contributed by atoms with Crippen molar-refractivity contribution in [2.45, 2.75) is 6.42 Å². The number of hydrogen-bond acceptors (Lipinski definition) is 1. The maximum atomic E-state index is 11.7. The van der Waals surface area contributed by atoms with Gasteiger partial charge in [0.25, 0.3) is 0 Å². The van der Waals surface area contributed by atoms with E-state index in [9.17, 15) is 4.79 Å². The molecule has 2 aliphatic carbocycles. The quantitative estimate of drug-likeness (QED) is 0.472. The van der Waals surface area contributed by atoms with Crippen LogP contribution < -0.4 is 0 Å². The lowest BCUT2D eigenvalue weighted by Gasteiger charge is -2.34. The first-order chi connectivity index (χ1) is 7.86. The van der Waals surface area contributed by atoms with Crippen molar-refractivity contribution in [3.05, 3.63) is 48.0 Å². The predicted octanol–water partition coefficient (Wildman–Crippen LogP) is 2.43. The summed E-state index contributed by atoms with van der Waals surface area (Å²) in [6.45, 7) is 0. The van der Waals surface area contributed by atoms with Crippen molar-refractivity contribution < 1.29 is 4.79 Å². The predicted molar refractivity (Wildman–Crippen MR) is 62.6 cm³/mol. The van der Waals surface area contributed by atoms with Crippen LogP contribution in [0.2, 0.25) is 0 Å². The summed E-state index contributed by atoms with van der Waals surface area (Å²) >= 11 is 0. The van der Waals surface area contributed by atoms with Crippen LogP contribution in [-0.4, -0.2) is 5.78 Å². The highest BCUT2D eigenvalue weighted by Gasteiger charge is 2.48. The Morgan fingerprint density at radius 3 is 2.81 bits per heavy atom. The van der Waals surface area contributed by atoms with Crippen molar-refractivity contribution in [1.82, 2.24) is 0 Å². The number of fused-ring (bicyclic) bond motifs is 1. The second-order valence-electron chi connectivity index (χ2n) is 4.36. The topological polar surface area (TPSA) is 17.1 Å². The summed E-state index contributed by atoms with van der Waals surface area (Å²) in [6, 6.07) is 9.83. The molecule has 2 aliphatic rings. The monoisotopic (exact) mass is 208 g/mol. The fraction of sp³-hybridized carbons (Fsp3) is 0.267. The van der Waals surface area contributed by atoms with Crippen LogP contribution in [0.1, 0.15) is 12.0 Å². The van der Waals surface area contributed by atoms with Crippen molar-refractivity contribution in [1.29, 1.82) is 0 Å². The number of ketones is 1. The van der Waals surface area contributed by atoms with Crippen molar-refractivity contribution >= 4 is 5.78 Å². The first-order valence-corrected chi connectivity index (χ1v) is 5.63. The summed E-state index contributed by atoms with van der Waals surface area (Å²) in [5.74, 6) is 7.11. The van der Waals surface area contributed by atoms with Gasteiger partial charge < -0.3 is 0 Å². The second kappa shape index (κ2) is 3.64. The molecule has 1 fully saturated rings. The Labute approximate surface area is 95.2 Å². The summed E-state index contributed by atoms with van der Waals surface area (Å²) in [5.41, 5.74) is 0.987. The van der Waals surface area contributed by atoms with Gasteiger partial charge in [-0.25, -0.2) is 0 Å². The molecule has 0 heterocycles. The molecule has 3 atom stereocenters. The minimum Gasteiger partial charge on any atom is -0.298 e. The van der Waals surface area contributed by atoms with Gasteiger partial charge in [-0.15, -0.1) is 0 Å². The molecule has 0 unspecified atom stereocenters. The minimum absolute atomic E-state index is 0.0519.